The van der Waals surface area contributed by atoms with Crippen LogP contribution in [0.3, 0.4) is 0 Å². The Hall–Kier alpha value is -3.22. The number of benzene rings is 1. The maximum absolute atomic E-state index is 12.6. The van der Waals surface area contributed by atoms with Gasteiger partial charge in [0.15, 0.2) is 11.4 Å². The molecule has 2 aromatic heterocycles. The number of carbonyl (C=O) groups is 1. The quantitative estimate of drug-likeness (QED) is 0.738. The van der Waals surface area contributed by atoms with Crippen molar-refractivity contribution in [1.82, 2.24) is 15.0 Å². The molecule has 3 N–H and O–H groups in total. The summed E-state index contributed by atoms with van der Waals surface area (Å²) in [5.74, 6) is 0.747. The van der Waals surface area contributed by atoms with Gasteiger partial charge in [0.1, 0.15) is 5.75 Å². The molecule has 3 aromatic rings. The molecule has 0 spiro atoms. The first-order valence-corrected chi connectivity index (χ1v) is 7.91. The number of methoxy groups -OCH3 is 1. The van der Waals surface area contributed by atoms with E-state index in [2.05, 4.69) is 15.0 Å². The fourth-order valence-corrected chi connectivity index (χ4v) is 3.40. The largest absolute Gasteiger partial charge is 0.497 e. The van der Waals surface area contributed by atoms with Crippen LogP contribution in [0.1, 0.15) is 33.8 Å². The fourth-order valence-electron chi connectivity index (χ4n) is 3.40. The highest BCUT2D eigenvalue weighted by Gasteiger charge is 2.29. The van der Waals surface area contributed by atoms with Crippen molar-refractivity contribution in [2.75, 3.05) is 12.8 Å². The Balaban J connectivity index is 1.84. The first kappa shape index (κ1) is 15.3. The summed E-state index contributed by atoms with van der Waals surface area (Å²) in [5.41, 5.74) is 7.71. The number of pyridine rings is 1. The molecule has 1 aliphatic rings. The van der Waals surface area contributed by atoms with Crippen LogP contribution in [0.4, 0.5) is 5.95 Å². The molecule has 25 heavy (non-hydrogen) atoms. The van der Waals surface area contributed by atoms with Crippen molar-refractivity contribution in [2.45, 2.75) is 18.8 Å². The lowest BCUT2D eigenvalue weighted by atomic mass is 9.79. The number of nitrogens with one attached hydrogen (secondary N) is 1. The van der Waals surface area contributed by atoms with E-state index in [-0.39, 0.29) is 28.9 Å². The van der Waals surface area contributed by atoms with Crippen LogP contribution in [0.2, 0.25) is 0 Å². The van der Waals surface area contributed by atoms with Crippen molar-refractivity contribution >= 4 is 22.8 Å². The molecule has 1 aliphatic carbocycles. The van der Waals surface area contributed by atoms with Gasteiger partial charge < -0.3 is 10.5 Å². The standard InChI is InChI=1S/C18H16N4O3/c1-25-11-4-2-9(3-5-11)10-6-12-13(14(23)7-10)8-20-16-15(12)17(24)22-18(19)21-16/h2-5,8,10H,6-7H2,1H3,(H3,19,20,21,22,24). The van der Waals surface area contributed by atoms with Crippen LogP contribution in [-0.2, 0) is 6.42 Å². The number of Topliss-reactive ketones (excluding diaryl/α,β-unsaturated/α-hetero) is 1. The second-order valence-electron chi connectivity index (χ2n) is 6.10. The first-order chi connectivity index (χ1) is 12.1. The second kappa shape index (κ2) is 5.70. The number of fused-ring (bicyclic) bond motifs is 3. The molecule has 1 unspecified atom stereocenters. The summed E-state index contributed by atoms with van der Waals surface area (Å²) in [6.45, 7) is 0. The summed E-state index contributed by atoms with van der Waals surface area (Å²) < 4.78 is 5.18. The number of nitrogens with zero attached hydrogens (tertiary/aromatic N) is 2. The molecule has 126 valence electrons. The van der Waals surface area contributed by atoms with E-state index in [1.165, 1.54) is 6.20 Å². The molecule has 0 bridgehead atoms. The minimum absolute atomic E-state index is 0.00606. The van der Waals surface area contributed by atoms with Crippen LogP contribution >= 0.6 is 0 Å². The highest BCUT2D eigenvalue weighted by molar-refractivity contribution is 6.02. The van der Waals surface area contributed by atoms with Gasteiger partial charge in [0.25, 0.3) is 5.56 Å². The van der Waals surface area contributed by atoms with E-state index in [0.29, 0.717) is 29.4 Å². The summed E-state index contributed by atoms with van der Waals surface area (Å²) in [6.07, 6.45) is 2.45. The van der Waals surface area contributed by atoms with Gasteiger partial charge in [0.2, 0.25) is 5.95 Å². The molecule has 0 saturated carbocycles. The van der Waals surface area contributed by atoms with Crippen molar-refractivity contribution < 1.29 is 9.53 Å². The summed E-state index contributed by atoms with van der Waals surface area (Å²) in [7, 11) is 1.61. The number of nitrogen functional groups attached to an aromatic ring is 1. The Labute approximate surface area is 142 Å². The van der Waals surface area contributed by atoms with Crippen molar-refractivity contribution in [1.29, 1.82) is 0 Å². The van der Waals surface area contributed by atoms with Gasteiger partial charge in [-0.15, -0.1) is 0 Å². The summed E-state index contributed by atoms with van der Waals surface area (Å²) in [6, 6.07) is 7.64. The van der Waals surface area contributed by atoms with Crippen LogP contribution < -0.4 is 16.0 Å². The fraction of sp³-hybridized carbons (Fsp3) is 0.222. The van der Waals surface area contributed by atoms with Crippen molar-refractivity contribution in [3.05, 3.63) is 57.5 Å². The first-order valence-electron chi connectivity index (χ1n) is 7.91. The number of nitrogens with two attached hydrogens (primary N) is 1. The maximum Gasteiger partial charge on any atom is 0.262 e. The normalized spacial score (nSPS) is 16.7. The smallest absolute Gasteiger partial charge is 0.262 e. The third-order valence-electron chi connectivity index (χ3n) is 4.63. The Bertz CT molecular complexity index is 1040. The average molecular weight is 336 g/mol. The topological polar surface area (TPSA) is 111 Å². The second-order valence-corrected chi connectivity index (χ2v) is 6.10. The van der Waals surface area contributed by atoms with Gasteiger partial charge in [-0.1, -0.05) is 12.1 Å². The number of anilines is 1. The van der Waals surface area contributed by atoms with Crippen LogP contribution in [0, 0.1) is 0 Å². The highest BCUT2D eigenvalue weighted by Crippen LogP contribution is 2.35. The Morgan fingerprint density at radius 2 is 1.96 bits per heavy atom. The summed E-state index contributed by atoms with van der Waals surface area (Å²) in [5, 5.41) is 0.346. The molecule has 0 radical (unpaired) electrons. The zero-order valence-electron chi connectivity index (χ0n) is 13.6. The molecule has 7 nitrogen and oxygen atoms in total. The molecule has 7 heteroatoms. The van der Waals surface area contributed by atoms with Gasteiger partial charge in [-0.25, -0.2) is 4.98 Å². The van der Waals surface area contributed by atoms with Crippen molar-refractivity contribution in [3.8, 4) is 5.75 Å². The third-order valence-corrected chi connectivity index (χ3v) is 4.63. The minimum atomic E-state index is -0.366. The molecule has 1 atom stereocenters. The Morgan fingerprint density at radius 3 is 2.68 bits per heavy atom. The minimum Gasteiger partial charge on any atom is -0.497 e. The lowest BCUT2D eigenvalue weighted by Gasteiger charge is -2.24. The maximum atomic E-state index is 12.6. The number of hydrogen-bond acceptors (Lipinski definition) is 6. The van der Waals surface area contributed by atoms with Crippen molar-refractivity contribution in [3.63, 3.8) is 0 Å². The molecular formula is C18H16N4O3. The predicted molar refractivity (Wildman–Crippen MR) is 93.0 cm³/mol. The number of hydrogen-bond donors (Lipinski definition) is 2. The zero-order valence-corrected chi connectivity index (χ0v) is 13.6. The van der Waals surface area contributed by atoms with E-state index >= 15 is 0 Å². The van der Waals surface area contributed by atoms with E-state index in [1.807, 2.05) is 24.3 Å². The van der Waals surface area contributed by atoms with Crippen molar-refractivity contribution in [2.24, 2.45) is 0 Å². The van der Waals surface area contributed by atoms with Crippen LogP contribution in [0.15, 0.2) is 35.3 Å². The number of H-pyrrole nitrogens is 1. The summed E-state index contributed by atoms with van der Waals surface area (Å²) >= 11 is 0. The zero-order chi connectivity index (χ0) is 17.6. The van der Waals surface area contributed by atoms with Gasteiger partial charge in [-0.3, -0.25) is 14.6 Å². The van der Waals surface area contributed by atoms with Gasteiger partial charge in [0, 0.05) is 18.2 Å². The highest BCUT2D eigenvalue weighted by atomic mass is 16.5. The molecule has 2 heterocycles. The number of ketones is 1. The van der Waals surface area contributed by atoms with Crippen LogP contribution in [0.5, 0.6) is 5.75 Å². The molecule has 0 fully saturated rings. The van der Waals surface area contributed by atoms with E-state index in [9.17, 15) is 9.59 Å². The van der Waals surface area contributed by atoms with E-state index in [4.69, 9.17) is 10.5 Å². The van der Waals surface area contributed by atoms with E-state index < -0.39 is 0 Å². The van der Waals surface area contributed by atoms with Gasteiger partial charge in [0.05, 0.1) is 12.5 Å². The van der Waals surface area contributed by atoms with Crippen LogP contribution in [-0.4, -0.2) is 27.8 Å². The number of aromatic amines is 1. The van der Waals surface area contributed by atoms with Gasteiger partial charge in [-0.05, 0) is 35.6 Å². The lowest BCUT2D eigenvalue weighted by Crippen LogP contribution is -2.23. The van der Waals surface area contributed by atoms with E-state index in [1.54, 1.807) is 7.11 Å². The molecular weight excluding hydrogens is 320 g/mol. The molecule has 4 rings (SSSR count). The predicted octanol–water partition coefficient (Wildman–Crippen LogP) is 1.82. The van der Waals surface area contributed by atoms with Gasteiger partial charge >= 0.3 is 0 Å². The Kier molecular flexibility index (Phi) is 3.49. The SMILES string of the molecule is COc1ccc(C2CC(=O)c3cnc4nc(N)[nH]c(=O)c4c3C2)cc1. The number of ether oxygens (including phenoxy) is 1. The number of carbonyl (C=O) groups excluding carboxylic acids is 1. The van der Waals surface area contributed by atoms with E-state index in [0.717, 1.165) is 11.3 Å². The Morgan fingerprint density at radius 1 is 1.20 bits per heavy atom. The average Bonchev–Trinajstić information content (AvgIpc) is 2.60. The van der Waals surface area contributed by atoms with Crippen LogP contribution in [0.25, 0.3) is 11.0 Å². The molecule has 0 aliphatic heterocycles. The molecule has 1 aromatic carbocycles. The number of rotatable bonds is 2. The van der Waals surface area contributed by atoms with Gasteiger partial charge in [-0.2, -0.15) is 4.98 Å². The molecule has 0 amide bonds. The lowest BCUT2D eigenvalue weighted by molar-refractivity contribution is 0.0964. The summed E-state index contributed by atoms with van der Waals surface area (Å²) in [4.78, 5) is 35.7. The third kappa shape index (κ3) is 2.53. The monoisotopic (exact) mass is 336 g/mol. The number of aromatic nitrogens is 3. The molecule has 0 saturated heterocycles.